The second-order valence-corrected chi connectivity index (χ2v) is 10.9. The Balaban J connectivity index is 2.45. The largest absolute Gasteiger partial charge is 0.780 e. The molecule has 0 aromatic carbocycles. The number of hydrogen-bond acceptors (Lipinski definition) is 10. The van der Waals surface area contributed by atoms with Crippen LogP contribution in [0.5, 0.6) is 0 Å². The summed E-state index contributed by atoms with van der Waals surface area (Å²) >= 11 is 5.11. The summed E-state index contributed by atoms with van der Waals surface area (Å²) in [5.41, 5.74) is 5.79. The maximum atomic E-state index is 12.8. The minimum absolute atomic E-state index is 0.142. The number of nitrogens with two attached hydrogens (primary N) is 1. The van der Waals surface area contributed by atoms with E-state index in [2.05, 4.69) is 4.98 Å². The Kier molecular flexibility index (Phi) is 9.59. The molecule has 1 aromatic rings. The first-order chi connectivity index (χ1) is 14.4. The molecule has 0 radical (unpaired) electrons. The highest BCUT2D eigenvalue weighted by atomic mass is 32.5. The molecule has 0 amide bonds. The van der Waals surface area contributed by atoms with E-state index >= 15 is 0 Å². The summed E-state index contributed by atoms with van der Waals surface area (Å²) in [6.07, 6.45) is -1.28. The van der Waals surface area contributed by atoms with Gasteiger partial charge in [0.1, 0.15) is 24.7 Å². The molecule has 0 saturated carbocycles. The van der Waals surface area contributed by atoms with Crippen LogP contribution in [-0.4, -0.2) is 54.3 Å². The molecule has 0 bridgehead atoms. The van der Waals surface area contributed by atoms with Gasteiger partial charge in [-0.2, -0.15) is 4.98 Å². The SMILES string of the molecule is COCCO[C@H]1C(OP([O-])(=S)OC(C)C)[C@@H](CC(C)C)O[C@H]1n1cc(C)c(N)nc1=O. The van der Waals surface area contributed by atoms with Crippen molar-refractivity contribution in [3.8, 4) is 0 Å². The van der Waals surface area contributed by atoms with Gasteiger partial charge >= 0.3 is 5.69 Å². The number of ether oxygens (including phenoxy) is 3. The van der Waals surface area contributed by atoms with Crippen molar-refractivity contribution in [3.05, 3.63) is 22.2 Å². The molecule has 0 aliphatic carbocycles. The first-order valence-corrected chi connectivity index (χ1v) is 12.8. The van der Waals surface area contributed by atoms with E-state index in [1.165, 1.54) is 4.57 Å². The zero-order valence-corrected chi connectivity index (χ0v) is 20.6. The molecule has 5 atom stereocenters. The first kappa shape index (κ1) is 26.3. The van der Waals surface area contributed by atoms with Crippen LogP contribution in [0.3, 0.4) is 0 Å². The highest BCUT2D eigenvalue weighted by Gasteiger charge is 2.48. The molecule has 12 heteroatoms. The second-order valence-electron chi connectivity index (χ2n) is 8.19. The normalized spacial score (nSPS) is 26.0. The number of methoxy groups -OCH3 is 1. The van der Waals surface area contributed by atoms with Crippen molar-refractivity contribution >= 4 is 24.3 Å². The van der Waals surface area contributed by atoms with Crippen LogP contribution < -0.4 is 16.3 Å². The Morgan fingerprint density at radius 2 is 2.00 bits per heavy atom. The van der Waals surface area contributed by atoms with Gasteiger partial charge in [0.05, 0.1) is 25.4 Å². The van der Waals surface area contributed by atoms with Crippen molar-refractivity contribution in [3.63, 3.8) is 0 Å². The molecule has 1 fully saturated rings. The van der Waals surface area contributed by atoms with Crippen LogP contribution in [0.2, 0.25) is 0 Å². The van der Waals surface area contributed by atoms with Gasteiger partial charge < -0.3 is 33.9 Å². The van der Waals surface area contributed by atoms with E-state index in [0.717, 1.165) is 0 Å². The summed E-state index contributed by atoms with van der Waals surface area (Å²) in [6.45, 7) is 5.90. The van der Waals surface area contributed by atoms with E-state index in [9.17, 15) is 9.69 Å². The minimum Gasteiger partial charge on any atom is -0.780 e. The highest BCUT2D eigenvalue weighted by molar-refractivity contribution is 8.06. The molecule has 178 valence electrons. The van der Waals surface area contributed by atoms with Crippen molar-refractivity contribution in [2.45, 2.75) is 71.7 Å². The third-order valence-electron chi connectivity index (χ3n) is 4.63. The number of hydrogen-bond donors (Lipinski definition) is 1. The van der Waals surface area contributed by atoms with Crippen LogP contribution in [0.25, 0.3) is 0 Å². The van der Waals surface area contributed by atoms with Crippen molar-refractivity contribution in [2.75, 3.05) is 26.1 Å². The number of nitrogen functional groups attached to an aromatic ring is 1. The lowest BCUT2D eigenvalue weighted by Gasteiger charge is -2.35. The zero-order chi connectivity index (χ0) is 23.3. The van der Waals surface area contributed by atoms with Crippen LogP contribution >= 0.6 is 6.72 Å². The van der Waals surface area contributed by atoms with E-state index in [1.807, 2.05) is 13.8 Å². The Bertz CT molecular complexity index is 835. The van der Waals surface area contributed by atoms with Gasteiger partial charge in [-0.25, -0.2) is 4.79 Å². The number of rotatable bonds is 11. The predicted molar refractivity (Wildman–Crippen MR) is 118 cm³/mol. The smallest absolute Gasteiger partial charge is 0.351 e. The van der Waals surface area contributed by atoms with Gasteiger partial charge in [0.2, 0.25) is 0 Å². The number of nitrogens with zero attached hydrogens (tertiary/aromatic N) is 2. The quantitative estimate of drug-likeness (QED) is 0.369. The molecule has 10 nitrogen and oxygen atoms in total. The van der Waals surface area contributed by atoms with E-state index in [1.54, 1.807) is 34.1 Å². The van der Waals surface area contributed by atoms with Gasteiger partial charge in [0.25, 0.3) is 0 Å². The Hall–Kier alpha value is -0.910. The average Bonchev–Trinajstić information content (AvgIpc) is 2.93. The van der Waals surface area contributed by atoms with Crippen molar-refractivity contribution < 1.29 is 28.2 Å². The van der Waals surface area contributed by atoms with Gasteiger partial charge in [0, 0.05) is 18.9 Å². The molecule has 1 saturated heterocycles. The number of aromatic nitrogens is 2. The molecular formula is C19H33N3O7PS-. The summed E-state index contributed by atoms with van der Waals surface area (Å²) in [7, 11) is 1.55. The van der Waals surface area contributed by atoms with Crippen LogP contribution in [0.15, 0.2) is 11.0 Å². The molecular weight excluding hydrogens is 445 g/mol. The molecule has 1 aliphatic rings. The van der Waals surface area contributed by atoms with Gasteiger partial charge in [-0.1, -0.05) is 25.7 Å². The zero-order valence-electron chi connectivity index (χ0n) is 18.8. The Labute approximate surface area is 188 Å². The lowest BCUT2D eigenvalue weighted by molar-refractivity contribution is -0.218. The molecule has 31 heavy (non-hydrogen) atoms. The lowest BCUT2D eigenvalue weighted by Crippen LogP contribution is -2.40. The summed E-state index contributed by atoms with van der Waals surface area (Å²) in [5, 5.41) is 0. The first-order valence-electron chi connectivity index (χ1n) is 10.2. The topological polar surface area (TPSA) is 130 Å². The van der Waals surface area contributed by atoms with Crippen LogP contribution in [0, 0.1) is 12.8 Å². The third-order valence-corrected chi connectivity index (χ3v) is 6.32. The van der Waals surface area contributed by atoms with Crippen LogP contribution in [0.1, 0.15) is 45.9 Å². The average molecular weight is 479 g/mol. The molecule has 2 unspecified atom stereocenters. The van der Waals surface area contributed by atoms with Crippen molar-refractivity contribution in [2.24, 2.45) is 5.92 Å². The third kappa shape index (κ3) is 7.30. The molecule has 2 heterocycles. The Morgan fingerprint density at radius 1 is 1.32 bits per heavy atom. The lowest BCUT2D eigenvalue weighted by atomic mass is 10.0. The van der Waals surface area contributed by atoms with Gasteiger partial charge in [-0.05, 0) is 33.1 Å². The van der Waals surface area contributed by atoms with Gasteiger partial charge in [-0.15, -0.1) is 0 Å². The monoisotopic (exact) mass is 478 g/mol. The van der Waals surface area contributed by atoms with Crippen molar-refractivity contribution in [1.29, 1.82) is 0 Å². The van der Waals surface area contributed by atoms with E-state index in [4.69, 9.17) is 40.8 Å². The molecule has 2 N–H and O–H groups in total. The number of aryl methyl sites for hydroxylation is 1. The fraction of sp³-hybridized carbons (Fsp3) is 0.789. The highest BCUT2D eigenvalue weighted by Crippen LogP contribution is 2.47. The maximum Gasteiger partial charge on any atom is 0.351 e. The maximum absolute atomic E-state index is 12.8. The molecule has 0 spiro atoms. The summed E-state index contributed by atoms with van der Waals surface area (Å²) in [6, 6.07) is 0. The molecule has 2 rings (SSSR count). The van der Waals surface area contributed by atoms with E-state index in [0.29, 0.717) is 18.6 Å². The van der Waals surface area contributed by atoms with Crippen LogP contribution in [0.4, 0.5) is 5.82 Å². The predicted octanol–water partition coefficient (Wildman–Crippen LogP) is 1.50. The summed E-state index contributed by atoms with van der Waals surface area (Å²) in [4.78, 5) is 29.3. The summed E-state index contributed by atoms with van der Waals surface area (Å²) in [5.74, 6) is 0.371. The second kappa shape index (κ2) is 11.3. The molecule has 1 aliphatic heterocycles. The fourth-order valence-electron chi connectivity index (χ4n) is 3.35. The van der Waals surface area contributed by atoms with E-state index < -0.39 is 36.9 Å². The van der Waals surface area contributed by atoms with E-state index in [-0.39, 0.29) is 24.4 Å². The summed E-state index contributed by atoms with van der Waals surface area (Å²) < 4.78 is 29.7. The van der Waals surface area contributed by atoms with Crippen LogP contribution in [-0.2, 0) is 35.1 Å². The number of anilines is 1. The standard InChI is InChI=1S/C19H34N3O7PS/c1-11(2)9-14-15(29-30(24,31)28-12(3)4)16(26-8-7-25-6)18(27-14)22-10-13(5)17(20)21-19(22)23/h10-12,14-16,18H,7-9H2,1-6H3,(H,24,31)(H2,20,21,23)/p-1/t14-,15?,16+,18-,30?/m1/s1. The minimum atomic E-state index is -3.83. The molecule has 1 aromatic heterocycles. The Morgan fingerprint density at radius 3 is 2.58 bits per heavy atom. The van der Waals surface area contributed by atoms with Gasteiger partial charge in [-0.3, -0.25) is 4.57 Å². The van der Waals surface area contributed by atoms with Gasteiger partial charge in [0.15, 0.2) is 6.23 Å². The van der Waals surface area contributed by atoms with Crippen molar-refractivity contribution in [1.82, 2.24) is 9.55 Å². The fourth-order valence-corrected chi connectivity index (χ4v) is 5.29.